The molecule has 0 bridgehead atoms. The van der Waals surface area contributed by atoms with Crippen molar-refractivity contribution in [2.75, 3.05) is 33.3 Å². The molecule has 2 rings (SSSR count). The molecule has 1 unspecified atom stereocenters. The lowest BCUT2D eigenvalue weighted by Crippen LogP contribution is -2.45. The lowest BCUT2D eigenvalue weighted by Gasteiger charge is -2.30. The third kappa shape index (κ3) is 3.51. The number of amides is 1. The van der Waals surface area contributed by atoms with Crippen molar-refractivity contribution in [3.05, 3.63) is 28.5 Å². The number of pyridine rings is 1. The van der Waals surface area contributed by atoms with Gasteiger partial charge < -0.3 is 15.0 Å². The zero-order chi connectivity index (χ0) is 13.0. The molecule has 0 aromatic carbocycles. The highest BCUT2D eigenvalue weighted by Crippen LogP contribution is 2.12. The second-order valence-corrected chi connectivity index (χ2v) is 5.06. The SMILES string of the molecule is CN1CCOC(CNC(=O)c2cccnc2Br)C1. The van der Waals surface area contributed by atoms with Crippen LogP contribution in [0.4, 0.5) is 0 Å². The Morgan fingerprint density at radius 1 is 1.72 bits per heavy atom. The van der Waals surface area contributed by atoms with Crippen LogP contribution in [0, 0.1) is 0 Å². The minimum absolute atomic E-state index is 0.0585. The number of likely N-dealkylation sites (N-methyl/N-ethyl adjacent to an activating group) is 1. The summed E-state index contributed by atoms with van der Waals surface area (Å²) in [5.74, 6) is -0.133. The molecule has 1 fully saturated rings. The fraction of sp³-hybridized carbons (Fsp3) is 0.500. The summed E-state index contributed by atoms with van der Waals surface area (Å²) in [7, 11) is 2.05. The van der Waals surface area contributed by atoms with Gasteiger partial charge in [-0.05, 0) is 35.1 Å². The van der Waals surface area contributed by atoms with Gasteiger partial charge in [0, 0.05) is 25.8 Å². The third-order valence-electron chi connectivity index (χ3n) is 2.84. The van der Waals surface area contributed by atoms with Crippen LogP contribution in [0.1, 0.15) is 10.4 Å². The number of morpholine rings is 1. The number of nitrogens with one attached hydrogen (secondary N) is 1. The van der Waals surface area contributed by atoms with Crippen molar-refractivity contribution in [3.8, 4) is 0 Å². The van der Waals surface area contributed by atoms with Crippen molar-refractivity contribution in [1.82, 2.24) is 15.2 Å². The fourth-order valence-corrected chi connectivity index (χ4v) is 2.28. The summed E-state index contributed by atoms with van der Waals surface area (Å²) < 4.78 is 6.14. The zero-order valence-electron chi connectivity index (χ0n) is 10.2. The molecule has 6 heteroatoms. The van der Waals surface area contributed by atoms with E-state index < -0.39 is 0 Å². The topological polar surface area (TPSA) is 54.5 Å². The van der Waals surface area contributed by atoms with Gasteiger partial charge in [-0.2, -0.15) is 0 Å². The smallest absolute Gasteiger partial charge is 0.254 e. The summed E-state index contributed by atoms with van der Waals surface area (Å²) in [6.45, 7) is 3.02. The molecule has 1 aliphatic rings. The first-order valence-electron chi connectivity index (χ1n) is 5.85. The van der Waals surface area contributed by atoms with Gasteiger partial charge in [0.15, 0.2) is 0 Å². The largest absolute Gasteiger partial charge is 0.374 e. The highest BCUT2D eigenvalue weighted by molar-refractivity contribution is 9.10. The van der Waals surface area contributed by atoms with Crippen LogP contribution in [0.25, 0.3) is 0 Å². The van der Waals surface area contributed by atoms with E-state index in [4.69, 9.17) is 4.74 Å². The van der Waals surface area contributed by atoms with Crippen LogP contribution in [0.2, 0.25) is 0 Å². The van der Waals surface area contributed by atoms with E-state index in [1.54, 1.807) is 18.3 Å². The second-order valence-electron chi connectivity index (χ2n) is 4.31. The highest BCUT2D eigenvalue weighted by atomic mass is 79.9. The van der Waals surface area contributed by atoms with Crippen LogP contribution in [-0.2, 0) is 4.74 Å². The summed E-state index contributed by atoms with van der Waals surface area (Å²) in [6, 6.07) is 3.48. The van der Waals surface area contributed by atoms with Gasteiger partial charge in [-0.3, -0.25) is 4.79 Å². The first-order valence-corrected chi connectivity index (χ1v) is 6.65. The summed E-state index contributed by atoms with van der Waals surface area (Å²) in [5.41, 5.74) is 0.543. The molecule has 0 spiro atoms. The number of hydrogen-bond donors (Lipinski definition) is 1. The van der Waals surface area contributed by atoms with E-state index in [9.17, 15) is 4.79 Å². The van der Waals surface area contributed by atoms with Crippen LogP contribution in [-0.4, -0.2) is 55.2 Å². The van der Waals surface area contributed by atoms with E-state index in [1.165, 1.54) is 0 Å². The van der Waals surface area contributed by atoms with Crippen LogP contribution in [0.3, 0.4) is 0 Å². The van der Waals surface area contributed by atoms with Crippen molar-refractivity contribution in [1.29, 1.82) is 0 Å². The van der Waals surface area contributed by atoms with Gasteiger partial charge in [-0.1, -0.05) is 0 Å². The standard InChI is InChI=1S/C12H16BrN3O2/c1-16-5-6-18-9(8-16)7-15-12(17)10-3-2-4-14-11(10)13/h2-4,9H,5-8H2,1H3,(H,15,17). The van der Waals surface area contributed by atoms with E-state index in [-0.39, 0.29) is 12.0 Å². The molecule has 0 saturated carbocycles. The Balaban J connectivity index is 1.87. The van der Waals surface area contributed by atoms with Gasteiger partial charge >= 0.3 is 0 Å². The van der Waals surface area contributed by atoms with Crippen molar-refractivity contribution < 1.29 is 9.53 Å². The van der Waals surface area contributed by atoms with E-state index in [2.05, 4.69) is 38.2 Å². The predicted octanol–water partition coefficient (Wildman–Crippen LogP) is 0.904. The monoisotopic (exact) mass is 313 g/mol. The van der Waals surface area contributed by atoms with Crippen molar-refractivity contribution in [2.45, 2.75) is 6.10 Å². The number of halogens is 1. The van der Waals surface area contributed by atoms with Crippen molar-refractivity contribution >= 4 is 21.8 Å². The molecule has 5 nitrogen and oxygen atoms in total. The molecule has 0 radical (unpaired) electrons. The molecule has 1 aromatic rings. The fourth-order valence-electron chi connectivity index (χ4n) is 1.85. The number of rotatable bonds is 3. The Kier molecular flexibility index (Phi) is 4.68. The van der Waals surface area contributed by atoms with Crippen LogP contribution in [0.5, 0.6) is 0 Å². The van der Waals surface area contributed by atoms with Crippen molar-refractivity contribution in [2.24, 2.45) is 0 Å². The molecular weight excluding hydrogens is 298 g/mol. The second kappa shape index (κ2) is 6.26. The van der Waals surface area contributed by atoms with Gasteiger partial charge in [0.1, 0.15) is 4.60 Å². The van der Waals surface area contributed by atoms with E-state index in [0.29, 0.717) is 23.3 Å². The molecule has 1 aromatic heterocycles. The maximum atomic E-state index is 11.9. The third-order valence-corrected chi connectivity index (χ3v) is 3.47. The number of carbonyl (C=O) groups is 1. The minimum atomic E-state index is -0.133. The van der Waals surface area contributed by atoms with Gasteiger partial charge in [-0.15, -0.1) is 0 Å². The lowest BCUT2D eigenvalue weighted by molar-refractivity contribution is -0.0175. The summed E-state index contributed by atoms with van der Waals surface area (Å²) >= 11 is 3.26. The quantitative estimate of drug-likeness (QED) is 0.843. The number of ether oxygens (including phenoxy) is 1. The van der Waals surface area contributed by atoms with Gasteiger partial charge in [0.25, 0.3) is 5.91 Å². The Labute approximate surface area is 115 Å². The maximum Gasteiger partial charge on any atom is 0.254 e. The Morgan fingerprint density at radius 3 is 3.28 bits per heavy atom. The normalized spacial score (nSPS) is 20.7. The molecule has 1 atom stereocenters. The predicted molar refractivity (Wildman–Crippen MR) is 71.5 cm³/mol. The van der Waals surface area contributed by atoms with Crippen molar-refractivity contribution in [3.63, 3.8) is 0 Å². The van der Waals surface area contributed by atoms with Crippen LogP contribution in [0.15, 0.2) is 22.9 Å². The van der Waals surface area contributed by atoms with Crippen LogP contribution >= 0.6 is 15.9 Å². The first kappa shape index (κ1) is 13.5. The first-order chi connectivity index (χ1) is 8.66. The zero-order valence-corrected chi connectivity index (χ0v) is 11.8. The summed E-state index contributed by atoms with van der Waals surface area (Å²) in [6.07, 6.45) is 1.70. The number of aromatic nitrogens is 1. The molecule has 1 amide bonds. The Hall–Kier alpha value is -0.980. The Bertz CT molecular complexity index is 428. The molecule has 1 aliphatic heterocycles. The summed E-state index contributed by atoms with van der Waals surface area (Å²) in [4.78, 5) is 18.2. The highest BCUT2D eigenvalue weighted by Gasteiger charge is 2.19. The number of nitrogens with zero attached hydrogens (tertiary/aromatic N) is 2. The average molecular weight is 314 g/mol. The van der Waals surface area contributed by atoms with E-state index in [0.717, 1.165) is 13.1 Å². The molecule has 98 valence electrons. The lowest BCUT2D eigenvalue weighted by atomic mass is 10.2. The number of carbonyl (C=O) groups excluding carboxylic acids is 1. The molecular formula is C12H16BrN3O2. The van der Waals surface area contributed by atoms with E-state index in [1.807, 2.05) is 0 Å². The Morgan fingerprint density at radius 2 is 2.56 bits per heavy atom. The molecule has 2 heterocycles. The van der Waals surface area contributed by atoms with Gasteiger partial charge in [0.2, 0.25) is 0 Å². The van der Waals surface area contributed by atoms with Gasteiger partial charge in [-0.25, -0.2) is 4.98 Å². The average Bonchev–Trinajstić information content (AvgIpc) is 2.37. The molecule has 1 N–H and O–H groups in total. The van der Waals surface area contributed by atoms with E-state index >= 15 is 0 Å². The van der Waals surface area contributed by atoms with Crippen LogP contribution < -0.4 is 5.32 Å². The molecule has 1 saturated heterocycles. The maximum absolute atomic E-state index is 11.9. The summed E-state index contributed by atoms with van der Waals surface area (Å²) in [5, 5.41) is 2.87. The molecule has 18 heavy (non-hydrogen) atoms. The number of hydrogen-bond acceptors (Lipinski definition) is 4. The molecule has 0 aliphatic carbocycles. The minimum Gasteiger partial charge on any atom is -0.374 e. The van der Waals surface area contributed by atoms with Gasteiger partial charge in [0.05, 0.1) is 18.3 Å².